The van der Waals surface area contributed by atoms with E-state index >= 15 is 0 Å². The van der Waals surface area contributed by atoms with Crippen LogP contribution < -0.4 is 24.8 Å². The van der Waals surface area contributed by atoms with Gasteiger partial charge in [-0.1, -0.05) is 48.0 Å². The smallest absolute Gasteiger partial charge is 0.419 e. The Bertz CT molecular complexity index is 2460. The number of carbonyl (C=O) groups is 3. The number of halogens is 4. The molecule has 2 saturated carbocycles. The molecule has 19 heteroatoms. The number of ether oxygens (including phenoxy) is 2. The number of nitrogens with one attached hydrogen (secondary N) is 3. The predicted octanol–water partition coefficient (Wildman–Crippen LogP) is 7.00. The molecule has 3 fully saturated rings. The molecule has 3 aromatic rings. The highest BCUT2D eigenvalue weighted by Crippen LogP contribution is 2.47. The summed E-state index contributed by atoms with van der Waals surface area (Å²) in [4.78, 5) is 54.5. The van der Waals surface area contributed by atoms with E-state index in [1.807, 2.05) is 19.9 Å². The van der Waals surface area contributed by atoms with Crippen LogP contribution in [-0.4, -0.2) is 95.5 Å². The second-order valence-corrected chi connectivity index (χ2v) is 21.4. The molecule has 3 N–H and O–H groups in total. The molecule has 0 bridgehead atoms. The number of anilines is 1. The zero-order valence-electron chi connectivity index (χ0n) is 36.5. The van der Waals surface area contributed by atoms with Gasteiger partial charge < -0.3 is 25.0 Å². The van der Waals surface area contributed by atoms with Crippen LogP contribution in [0.3, 0.4) is 0 Å². The molecule has 1 saturated heterocycles. The van der Waals surface area contributed by atoms with Crippen LogP contribution >= 0.6 is 11.8 Å². The number of amides is 3. The number of likely N-dealkylation sites (tertiary alicyclic amines) is 1. The van der Waals surface area contributed by atoms with Gasteiger partial charge in [-0.25, -0.2) is 17.8 Å². The molecule has 13 nitrogen and oxygen atoms in total. The van der Waals surface area contributed by atoms with Crippen molar-refractivity contribution in [2.75, 3.05) is 24.7 Å². The van der Waals surface area contributed by atoms with Crippen molar-refractivity contribution in [3.05, 3.63) is 59.0 Å². The third-order valence-electron chi connectivity index (χ3n) is 12.4. The maximum atomic E-state index is 14.9. The van der Waals surface area contributed by atoms with Crippen LogP contribution in [-0.2, 0) is 30.6 Å². The lowest BCUT2D eigenvalue weighted by molar-refractivity contribution is -0.141. The van der Waals surface area contributed by atoms with Crippen LogP contribution in [0.25, 0.3) is 10.9 Å². The van der Waals surface area contributed by atoms with Crippen LogP contribution in [0.15, 0.2) is 41.4 Å². The first-order chi connectivity index (χ1) is 29.5. The second-order valence-electron chi connectivity index (χ2n) is 18.4. The first-order valence-electron chi connectivity index (χ1n) is 21.1. The summed E-state index contributed by atoms with van der Waals surface area (Å²) in [7, 11) is -2.40. The van der Waals surface area contributed by atoms with E-state index in [1.165, 1.54) is 4.90 Å². The summed E-state index contributed by atoms with van der Waals surface area (Å²) in [5, 5.41) is 6.41. The number of hydrogen-bond acceptors (Lipinski definition) is 11. The van der Waals surface area contributed by atoms with E-state index in [0.717, 1.165) is 22.4 Å². The van der Waals surface area contributed by atoms with Crippen molar-refractivity contribution in [1.29, 1.82) is 0 Å². The molecule has 2 aromatic carbocycles. The zero-order valence-corrected chi connectivity index (χ0v) is 38.1. The van der Waals surface area contributed by atoms with Crippen molar-refractivity contribution < 1.29 is 49.8 Å². The van der Waals surface area contributed by atoms with E-state index in [0.29, 0.717) is 65.4 Å². The molecule has 4 aliphatic rings. The predicted molar refractivity (Wildman–Crippen MR) is 233 cm³/mol. The number of sulfonamides is 1. The SMILES string of the molecule is CC[C@@H]1C[C@]1(NC(=O)[C@@H]1C[C@@H](Oc2cc(C3=NC(C(C)C)CS3)nc3c(C)c(OC)ccc23)CN1C(=O)[C@@H](Nc1ccc(F)c(C(F)(F)F)c1)C(C)(C)C)C(=O)NS(=O)(=O)C1CC1. The van der Waals surface area contributed by atoms with Gasteiger partial charge in [-0.05, 0) is 73.8 Å². The Balaban J connectivity index is 1.25. The number of hydrogen-bond donors (Lipinski definition) is 3. The van der Waals surface area contributed by atoms with Crippen molar-refractivity contribution in [3.63, 3.8) is 0 Å². The Labute approximate surface area is 369 Å². The molecule has 6 atom stereocenters. The van der Waals surface area contributed by atoms with Crippen molar-refractivity contribution >= 4 is 61.1 Å². The van der Waals surface area contributed by atoms with E-state index in [2.05, 4.69) is 29.2 Å². The molecular weight excluding hydrogens is 865 g/mol. The third-order valence-corrected chi connectivity index (χ3v) is 15.3. The van der Waals surface area contributed by atoms with Crippen LogP contribution in [0, 0.1) is 30.0 Å². The van der Waals surface area contributed by atoms with Gasteiger partial charge >= 0.3 is 6.18 Å². The fraction of sp³-hybridized carbons (Fsp3) is 0.568. The first-order valence-corrected chi connectivity index (χ1v) is 23.7. The van der Waals surface area contributed by atoms with Crippen molar-refractivity contribution in [2.45, 2.75) is 122 Å². The minimum atomic E-state index is -5.01. The van der Waals surface area contributed by atoms with Gasteiger partial charge in [-0.3, -0.25) is 24.1 Å². The molecule has 63 heavy (non-hydrogen) atoms. The van der Waals surface area contributed by atoms with Gasteiger partial charge in [-0.2, -0.15) is 13.2 Å². The monoisotopic (exact) mass is 918 g/mol. The maximum Gasteiger partial charge on any atom is 0.419 e. The van der Waals surface area contributed by atoms with Crippen LogP contribution in [0.1, 0.15) is 90.5 Å². The van der Waals surface area contributed by atoms with Gasteiger partial charge in [-0.15, -0.1) is 11.8 Å². The highest BCUT2D eigenvalue weighted by molar-refractivity contribution is 8.14. The number of alkyl halides is 3. The van der Waals surface area contributed by atoms with Crippen LogP contribution in [0.4, 0.5) is 23.2 Å². The molecule has 3 heterocycles. The molecule has 7 rings (SSSR count). The van der Waals surface area contributed by atoms with E-state index in [4.69, 9.17) is 19.5 Å². The average Bonchev–Trinajstić information content (AvgIpc) is 4.09. The number of carbonyl (C=O) groups excluding carboxylic acids is 3. The molecule has 1 aromatic heterocycles. The van der Waals surface area contributed by atoms with Gasteiger partial charge in [0.1, 0.15) is 46.1 Å². The fourth-order valence-electron chi connectivity index (χ4n) is 8.34. The Morgan fingerprint density at radius 1 is 1.06 bits per heavy atom. The lowest BCUT2D eigenvalue weighted by Crippen LogP contribution is -2.58. The maximum absolute atomic E-state index is 14.9. The molecule has 1 unspecified atom stereocenters. The highest BCUT2D eigenvalue weighted by Gasteiger charge is 2.62. The van der Waals surface area contributed by atoms with E-state index < -0.39 is 79.7 Å². The molecule has 2 aliphatic carbocycles. The number of aromatic nitrogens is 1. The standard InChI is InChI=1S/C44H54F4N6O7S2/c1-9-24-19-43(24,41(57)53-63(58,59)27-11-12-27)52-38(55)33-17-26(20-54(33)40(56)37(42(5,6)7)49-25-10-14-30(45)29(16-25)44(46,47)48)61-35-18-31(39-51-32(21-62-39)22(2)3)50-36-23(4)34(60-8)15-13-28(35)36/h10,13-16,18,22,24,26-27,32-33,37,49H,9,11-12,17,19-21H2,1-8H3,(H,52,55)(H,53,57)/t24-,26-,32?,33+,37-,43-/m1/s1. The normalized spacial score (nSPS) is 24.3. The first kappa shape index (κ1) is 46.3. The molecule has 0 spiro atoms. The fourth-order valence-corrected chi connectivity index (χ4v) is 11.0. The summed E-state index contributed by atoms with van der Waals surface area (Å²) in [5.74, 6) is -2.01. The van der Waals surface area contributed by atoms with Crippen LogP contribution in [0.2, 0.25) is 0 Å². The molecule has 0 radical (unpaired) electrons. The van der Waals surface area contributed by atoms with E-state index in [1.54, 1.807) is 51.8 Å². The highest BCUT2D eigenvalue weighted by atomic mass is 32.2. The van der Waals surface area contributed by atoms with Gasteiger partial charge in [0.05, 0.1) is 41.7 Å². The molecule has 2 aliphatic heterocycles. The number of rotatable bonds is 14. The number of benzene rings is 2. The summed E-state index contributed by atoms with van der Waals surface area (Å²) in [6, 6.07) is 5.31. The number of aliphatic imine (C=N–C) groups is 1. The lowest BCUT2D eigenvalue weighted by atomic mass is 9.85. The van der Waals surface area contributed by atoms with Crippen LogP contribution in [0.5, 0.6) is 11.5 Å². The van der Waals surface area contributed by atoms with Gasteiger partial charge in [0.2, 0.25) is 21.8 Å². The lowest BCUT2D eigenvalue weighted by Gasteiger charge is -2.36. The topological polar surface area (TPSA) is 168 Å². The number of fused-ring (bicyclic) bond motifs is 1. The summed E-state index contributed by atoms with van der Waals surface area (Å²) in [6.07, 6.45) is -4.45. The summed E-state index contributed by atoms with van der Waals surface area (Å²) in [5.41, 5.74) is -2.29. The Morgan fingerprint density at radius 2 is 1.78 bits per heavy atom. The van der Waals surface area contributed by atoms with Gasteiger partial charge in [0.15, 0.2) is 0 Å². The molecule has 342 valence electrons. The summed E-state index contributed by atoms with van der Waals surface area (Å²) >= 11 is 1.58. The number of nitrogens with zero attached hydrogens (tertiary/aromatic N) is 3. The minimum absolute atomic E-state index is 0.0719. The Hall–Kier alpha value is -4.65. The summed E-state index contributed by atoms with van der Waals surface area (Å²) < 4.78 is 96.0. The number of pyridine rings is 1. The number of aryl methyl sites for hydroxylation is 1. The van der Waals surface area contributed by atoms with E-state index in [9.17, 15) is 40.4 Å². The molecular formula is C44H54F4N6O7S2. The largest absolute Gasteiger partial charge is 0.496 e. The minimum Gasteiger partial charge on any atom is -0.496 e. The van der Waals surface area contributed by atoms with Crippen molar-refractivity contribution in [2.24, 2.45) is 22.2 Å². The van der Waals surface area contributed by atoms with Crippen molar-refractivity contribution in [1.82, 2.24) is 19.9 Å². The van der Waals surface area contributed by atoms with Gasteiger partial charge in [0.25, 0.3) is 5.91 Å². The number of methoxy groups -OCH3 is 1. The van der Waals surface area contributed by atoms with E-state index in [-0.39, 0.29) is 37.0 Å². The zero-order chi connectivity index (χ0) is 46.0. The third kappa shape index (κ3) is 9.45. The average molecular weight is 919 g/mol. The van der Waals surface area contributed by atoms with Gasteiger partial charge in [0, 0.05) is 34.9 Å². The number of thioether (sulfide) groups is 1. The Kier molecular flexibility index (Phi) is 12.5. The molecule has 3 amide bonds. The quantitative estimate of drug-likeness (QED) is 0.143. The van der Waals surface area contributed by atoms with Crippen molar-refractivity contribution in [3.8, 4) is 11.5 Å². The summed E-state index contributed by atoms with van der Waals surface area (Å²) in [6.45, 7) is 12.8. The Morgan fingerprint density at radius 3 is 2.37 bits per heavy atom. The second kappa shape index (κ2) is 17.0.